The number of benzene rings is 2. The Morgan fingerprint density at radius 2 is 1.92 bits per heavy atom. The van der Waals surface area contributed by atoms with E-state index in [4.69, 9.17) is 14.2 Å². The molecule has 0 bridgehead atoms. The van der Waals surface area contributed by atoms with Crippen molar-refractivity contribution in [3.05, 3.63) is 51.1 Å². The number of carbonyl (C=O) groups excluding carboxylic acids is 1. The Kier molecular flexibility index (Phi) is 7.05. The normalized spacial score (nSPS) is 10.6. The van der Waals surface area contributed by atoms with Crippen molar-refractivity contribution in [2.45, 2.75) is 6.92 Å². The highest BCUT2D eigenvalue weighted by Gasteiger charge is 2.09. The average Bonchev–Trinajstić information content (AvgIpc) is 2.62. The van der Waals surface area contributed by atoms with E-state index < -0.39 is 0 Å². The van der Waals surface area contributed by atoms with Crippen molar-refractivity contribution >= 4 is 34.7 Å². The Morgan fingerprint density at radius 1 is 1.20 bits per heavy atom. The van der Waals surface area contributed by atoms with Crippen LogP contribution < -0.4 is 19.6 Å². The van der Waals surface area contributed by atoms with E-state index >= 15 is 0 Å². The van der Waals surface area contributed by atoms with Crippen molar-refractivity contribution in [2.24, 2.45) is 5.10 Å². The summed E-state index contributed by atoms with van der Waals surface area (Å²) in [6, 6.07) is 10.5. The summed E-state index contributed by atoms with van der Waals surface area (Å²) in [4.78, 5) is 12.1. The van der Waals surface area contributed by atoms with Crippen LogP contribution in [0.25, 0.3) is 0 Å². The molecule has 7 heteroatoms. The average molecular weight is 454 g/mol. The summed E-state index contributed by atoms with van der Waals surface area (Å²) in [6.07, 6.45) is 1.55. The Bertz CT molecular complexity index is 760. The van der Waals surface area contributed by atoms with Gasteiger partial charge in [0.1, 0.15) is 5.75 Å². The number of rotatable bonds is 7. The third-order valence-corrected chi connectivity index (χ3v) is 4.06. The zero-order chi connectivity index (χ0) is 18.2. The van der Waals surface area contributed by atoms with E-state index in [-0.39, 0.29) is 5.91 Å². The summed E-state index contributed by atoms with van der Waals surface area (Å²) in [6.45, 7) is 2.49. The van der Waals surface area contributed by atoms with Crippen molar-refractivity contribution in [3.8, 4) is 17.2 Å². The predicted molar refractivity (Wildman–Crippen MR) is 105 cm³/mol. The van der Waals surface area contributed by atoms with E-state index in [9.17, 15) is 4.79 Å². The minimum absolute atomic E-state index is 0.297. The van der Waals surface area contributed by atoms with Gasteiger partial charge in [0.15, 0.2) is 11.5 Å². The first kappa shape index (κ1) is 19.0. The molecular weight excluding hydrogens is 435 g/mol. The maximum absolute atomic E-state index is 12.1. The van der Waals surface area contributed by atoms with Crippen LogP contribution in [0.5, 0.6) is 17.2 Å². The minimum atomic E-state index is -0.297. The van der Waals surface area contributed by atoms with Crippen LogP contribution in [0.2, 0.25) is 0 Å². The maximum Gasteiger partial charge on any atom is 0.271 e. The van der Waals surface area contributed by atoms with E-state index in [1.807, 2.05) is 13.0 Å². The first-order valence-electron chi connectivity index (χ1n) is 7.56. The summed E-state index contributed by atoms with van der Waals surface area (Å²) < 4.78 is 16.8. The molecule has 0 aliphatic heterocycles. The SMILES string of the molecule is CCOc1ccc(C(=O)N/N=C\c2cc(I)c(OC)c(OC)c2)cc1. The summed E-state index contributed by atoms with van der Waals surface area (Å²) in [5, 5.41) is 3.99. The van der Waals surface area contributed by atoms with Gasteiger partial charge in [-0.1, -0.05) is 0 Å². The summed E-state index contributed by atoms with van der Waals surface area (Å²) in [7, 11) is 3.16. The second-order valence-corrected chi connectivity index (χ2v) is 6.06. The number of carbonyl (C=O) groups is 1. The Balaban J connectivity index is 2.05. The molecule has 0 aromatic heterocycles. The number of hydrogen-bond acceptors (Lipinski definition) is 5. The van der Waals surface area contributed by atoms with Crippen LogP contribution in [-0.4, -0.2) is 32.9 Å². The van der Waals surface area contributed by atoms with Gasteiger partial charge in [0.05, 0.1) is 30.6 Å². The van der Waals surface area contributed by atoms with Crippen molar-refractivity contribution in [1.82, 2.24) is 5.43 Å². The van der Waals surface area contributed by atoms with Crippen LogP contribution in [0.3, 0.4) is 0 Å². The number of nitrogens with zero attached hydrogens (tertiary/aromatic N) is 1. The zero-order valence-corrected chi connectivity index (χ0v) is 16.4. The van der Waals surface area contributed by atoms with Crippen LogP contribution in [0.15, 0.2) is 41.5 Å². The lowest BCUT2D eigenvalue weighted by Crippen LogP contribution is -2.17. The topological polar surface area (TPSA) is 69.2 Å². The standard InChI is InChI=1S/C18H19IN2O4/c1-4-25-14-7-5-13(6-8-14)18(22)21-20-11-12-9-15(19)17(24-3)16(10-12)23-2/h5-11H,4H2,1-3H3,(H,21,22)/b20-11-. The van der Waals surface area contributed by atoms with Crippen LogP contribution in [0.4, 0.5) is 0 Å². The largest absolute Gasteiger partial charge is 0.494 e. The molecule has 0 aliphatic carbocycles. The third kappa shape index (κ3) is 5.09. The van der Waals surface area contributed by atoms with Crippen molar-refractivity contribution < 1.29 is 19.0 Å². The molecule has 0 atom stereocenters. The van der Waals surface area contributed by atoms with Crippen molar-refractivity contribution in [1.29, 1.82) is 0 Å². The minimum Gasteiger partial charge on any atom is -0.494 e. The molecule has 2 aromatic carbocycles. The van der Waals surface area contributed by atoms with E-state index in [1.54, 1.807) is 50.8 Å². The molecule has 6 nitrogen and oxygen atoms in total. The Morgan fingerprint density at radius 3 is 2.52 bits per heavy atom. The molecule has 2 aromatic rings. The molecule has 0 aliphatic rings. The van der Waals surface area contributed by atoms with E-state index in [0.29, 0.717) is 23.7 Å². The monoisotopic (exact) mass is 454 g/mol. The van der Waals surface area contributed by atoms with E-state index in [1.165, 1.54) is 0 Å². The smallest absolute Gasteiger partial charge is 0.271 e. The van der Waals surface area contributed by atoms with Gasteiger partial charge in [0.2, 0.25) is 0 Å². The Labute approximate surface area is 160 Å². The van der Waals surface area contributed by atoms with Gasteiger partial charge in [0, 0.05) is 5.56 Å². The van der Waals surface area contributed by atoms with Gasteiger partial charge in [-0.05, 0) is 71.5 Å². The van der Waals surface area contributed by atoms with Gasteiger partial charge in [0.25, 0.3) is 5.91 Å². The second-order valence-electron chi connectivity index (χ2n) is 4.89. The number of hydrazone groups is 1. The van der Waals surface area contributed by atoms with E-state index in [2.05, 4.69) is 33.1 Å². The predicted octanol–water partition coefficient (Wildman–Crippen LogP) is 3.47. The number of halogens is 1. The lowest BCUT2D eigenvalue weighted by molar-refractivity contribution is 0.0955. The number of nitrogens with one attached hydrogen (secondary N) is 1. The lowest BCUT2D eigenvalue weighted by Gasteiger charge is -2.10. The Hall–Kier alpha value is -2.29. The van der Waals surface area contributed by atoms with Gasteiger partial charge in [-0.25, -0.2) is 5.43 Å². The number of ether oxygens (including phenoxy) is 3. The number of methoxy groups -OCH3 is 2. The summed E-state index contributed by atoms with van der Waals surface area (Å²) in [5.41, 5.74) is 3.79. The fourth-order valence-corrected chi connectivity index (χ4v) is 2.96. The molecule has 0 fully saturated rings. The molecule has 2 rings (SSSR count). The lowest BCUT2D eigenvalue weighted by atomic mass is 10.2. The molecule has 0 heterocycles. The highest BCUT2D eigenvalue weighted by atomic mass is 127. The highest BCUT2D eigenvalue weighted by Crippen LogP contribution is 2.32. The second kappa shape index (κ2) is 9.26. The van der Waals surface area contributed by atoms with Crippen LogP contribution >= 0.6 is 22.6 Å². The first-order chi connectivity index (χ1) is 12.1. The molecule has 0 saturated carbocycles. The fourth-order valence-electron chi connectivity index (χ4n) is 2.11. The molecule has 0 unspecified atom stereocenters. The summed E-state index contributed by atoms with van der Waals surface area (Å²) in [5.74, 6) is 1.70. The van der Waals surface area contributed by atoms with Gasteiger partial charge in [-0.15, -0.1) is 0 Å². The molecule has 0 saturated heterocycles. The highest BCUT2D eigenvalue weighted by molar-refractivity contribution is 14.1. The van der Waals surface area contributed by atoms with Gasteiger partial charge >= 0.3 is 0 Å². The molecule has 1 N–H and O–H groups in total. The molecule has 132 valence electrons. The van der Waals surface area contributed by atoms with Gasteiger partial charge in [-0.2, -0.15) is 5.10 Å². The van der Waals surface area contributed by atoms with Gasteiger partial charge in [-0.3, -0.25) is 4.79 Å². The molecule has 1 amide bonds. The fraction of sp³-hybridized carbons (Fsp3) is 0.222. The molecule has 0 radical (unpaired) electrons. The summed E-state index contributed by atoms with van der Waals surface area (Å²) >= 11 is 2.15. The molecule has 0 spiro atoms. The van der Waals surface area contributed by atoms with Crippen molar-refractivity contribution in [2.75, 3.05) is 20.8 Å². The van der Waals surface area contributed by atoms with Crippen LogP contribution in [-0.2, 0) is 0 Å². The number of hydrogen-bond donors (Lipinski definition) is 1. The third-order valence-electron chi connectivity index (χ3n) is 3.26. The van der Waals surface area contributed by atoms with Crippen LogP contribution in [0.1, 0.15) is 22.8 Å². The van der Waals surface area contributed by atoms with Crippen molar-refractivity contribution in [3.63, 3.8) is 0 Å². The zero-order valence-electron chi connectivity index (χ0n) is 14.2. The number of amides is 1. The van der Waals surface area contributed by atoms with Gasteiger partial charge < -0.3 is 14.2 Å². The molecule has 25 heavy (non-hydrogen) atoms. The van der Waals surface area contributed by atoms with E-state index in [0.717, 1.165) is 14.9 Å². The maximum atomic E-state index is 12.1. The quantitative estimate of drug-likeness (QED) is 0.395. The molecular formula is C18H19IN2O4. The van der Waals surface area contributed by atoms with Crippen LogP contribution in [0, 0.1) is 3.57 Å². The first-order valence-corrected chi connectivity index (χ1v) is 8.64.